The topological polar surface area (TPSA) is 129 Å². The van der Waals surface area contributed by atoms with Crippen molar-refractivity contribution in [3.8, 4) is 11.5 Å². The Morgan fingerprint density at radius 2 is 1.93 bits per heavy atom. The standard InChI is InChI=1S/C21H24N4O4/c1-13-3-2-10-25(13)21(28)14-4-7-16(8-5-14)24-19(27)12-29-18-11-15(20(22)23)6-9-17(18)26/h4-9,11,13,26H,2-3,10,12H2,1H3,(H3,22,23)(H,24,27). The molecule has 8 heteroatoms. The summed E-state index contributed by atoms with van der Waals surface area (Å²) >= 11 is 0. The first-order valence-electron chi connectivity index (χ1n) is 9.36. The van der Waals surface area contributed by atoms with Gasteiger partial charge in [0.15, 0.2) is 18.1 Å². The van der Waals surface area contributed by atoms with E-state index in [2.05, 4.69) is 5.32 Å². The molecule has 3 rings (SSSR count). The van der Waals surface area contributed by atoms with Crippen LogP contribution in [-0.2, 0) is 4.79 Å². The van der Waals surface area contributed by atoms with Crippen LogP contribution in [0.1, 0.15) is 35.7 Å². The summed E-state index contributed by atoms with van der Waals surface area (Å²) in [5, 5.41) is 19.9. The van der Waals surface area contributed by atoms with Crippen molar-refractivity contribution in [1.82, 2.24) is 4.90 Å². The highest BCUT2D eigenvalue weighted by molar-refractivity contribution is 5.97. The molecule has 1 atom stereocenters. The van der Waals surface area contributed by atoms with E-state index < -0.39 is 5.91 Å². The summed E-state index contributed by atoms with van der Waals surface area (Å²) in [6, 6.07) is 11.2. The van der Waals surface area contributed by atoms with Crippen LogP contribution in [0, 0.1) is 5.41 Å². The highest BCUT2D eigenvalue weighted by Crippen LogP contribution is 2.26. The Hall–Kier alpha value is -3.55. The van der Waals surface area contributed by atoms with Gasteiger partial charge in [-0.1, -0.05) is 0 Å². The van der Waals surface area contributed by atoms with Gasteiger partial charge in [0.25, 0.3) is 11.8 Å². The van der Waals surface area contributed by atoms with Gasteiger partial charge in [-0.2, -0.15) is 0 Å². The number of hydrogen-bond acceptors (Lipinski definition) is 5. The fraction of sp³-hybridized carbons (Fsp3) is 0.286. The lowest BCUT2D eigenvalue weighted by Crippen LogP contribution is -2.33. The molecule has 2 amide bonds. The number of rotatable bonds is 6. The molecular formula is C21H24N4O4. The lowest BCUT2D eigenvalue weighted by Gasteiger charge is -2.21. The van der Waals surface area contributed by atoms with Crippen LogP contribution < -0.4 is 15.8 Å². The minimum absolute atomic E-state index is 0.00274. The predicted molar refractivity (Wildman–Crippen MR) is 109 cm³/mol. The molecule has 0 bridgehead atoms. The van der Waals surface area contributed by atoms with Crippen molar-refractivity contribution in [2.45, 2.75) is 25.8 Å². The summed E-state index contributed by atoms with van der Waals surface area (Å²) in [5.41, 5.74) is 6.91. The van der Waals surface area contributed by atoms with Gasteiger partial charge >= 0.3 is 0 Å². The van der Waals surface area contributed by atoms with Gasteiger partial charge in [-0.05, 0) is 62.2 Å². The van der Waals surface area contributed by atoms with Crippen molar-refractivity contribution < 1.29 is 19.4 Å². The number of carbonyl (C=O) groups excluding carboxylic acids is 2. The van der Waals surface area contributed by atoms with Crippen LogP contribution in [0.2, 0.25) is 0 Å². The number of nitrogens with zero attached hydrogens (tertiary/aromatic N) is 1. The van der Waals surface area contributed by atoms with Crippen molar-refractivity contribution in [2.75, 3.05) is 18.5 Å². The zero-order valence-electron chi connectivity index (χ0n) is 16.1. The van der Waals surface area contributed by atoms with Crippen molar-refractivity contribution in [3.63, 3.8) is 0 Å². The van der Waals surface area contributed by atoms with E-state index >= 15 is 0 Å². The number of hydrogen-bond donors (Lipinski definition) is 4. The molecule has 0 spiro atoms. The number of ether oxygens (including phenoxy) is 1. The summed E-state index contributed by atoms with van der Waals surface area (Å²) < 4.78 is 5.33. The Kier molecular flexibility index (Phi) is 6.01. The van der Waals surface area contributed by atoms with Crippen LogP contribution >= 0.6 is 0 Å². The van der Waals surface area contributed by atoms with E-state index in [0.29, 0.717) is 16.8 Å². The SMILES string of the molecule is CC1CCCN1C(=O)c1ccc(NC(=O)COc2cc(C(=N)N)ccc2O)cc1. The average Bonchev–Trinajstić information content (AvgIpc) is 3.13. The smallest absolute Gasteiger partial charge is 0.262 e. The maximum atomic E-state index is 12.5. The summed E-state index contributed by atoms with van der Waals surface area (Å²) in [6.45, 7) is 2.48. The van der Waals surface area contributed by atoms with Gasteiger partial charge in [0.1, 0.15) is 5.84 Å². The van der Waals surface area contributed by atoms with Gasteiger partial charge in [-0.25, -0.2) is 0 Å². The first kappa shape index (κ1) is 20.2. The zero-order valence-corrected chi connectivity index (χ0v) is 16.1. The number of phenolic OH excluding ortho intramolecular Hbond substituents is 1. The van der Waals surface area contributed by atoms with E-state index in [1.165, 1.54) is 18.2 Å². The van der Waals surface area contributed by atoms with E-state index in [1.54, 1.807) is 24.3 Å². The molecular weight excluding hydrogens is 372 g/mol. The second-order valence-corrected chi connectivity index (χ2v) is 7.00. The Morgan fingerprint density at radius 1 is 1.24 bits per heavy atom. The van der Waals surface area contributed by atoms with Crippen LogP contribution in [0.4, 0.5) is 5.69 Å². The van der Waals surface area contributed by atoms with Gasteiger partial charge in [-0.3, -0.25) is 15.0 Å². The van der Waals surface area contributed by atoms with Gasteiger partial charge in [0, 0.05) is 29.4 Å². The van der Waals surface area contributed by atoms with E-state index in [1.807, 2.05) is 11.8 Å². The third-order valence-electron chi connectivity index (χ3n) is 4.86. The summed E-state index contributed by atoms with van der Waals surface area (Å²) in [6.07, 6.45) is 2.04. The summed E-state index contributed by atoms with van der Waals surface area (Å²) in [5.74, 6) is -0.686. The maximum absolute atomic E-state index is 12.5. The van der Waals surface area contributed by atoms with Crippen LogP contribution in [-0.4, -0.2) is 46.8 Å². The predicted octanol–water partition coefficient (Wildman–Crippen LogP) is 2.32. The monoisotopic (exact) mass is 396 g/mol. The fourth-order valence-corrected chi connectivity index (χ4v) is 3.23. The fourth-order valence-electron chi connectivity index (χ4n) is 3.23. The average molecular weight is 396 g/mol. The molecule has 1 fully saturated rings. The molecule has 8 nitrogen and oxygen atoms in total. The number of phenols is 1. The zero-order chi connectivity index (χ0) is 21.0. The highest BCUT2D eigenvalue weighted by Gasteiger charge is 2.25. The van der Waals surface area contributed by atoms with Gasteiger partial charge in [-0.15, -0.1) is 0 Å². The van der Waals surface area contributed by atoms with Crippen LogP contribution in [0.15, 0.2) is 42.5 Å². The molecule has 152 valence electrons. The second-order valence-electron chi connectivity index (χ2n) is 7.00. The van der Waals surface area contributed by atoms with Crippen LogP contribution in [0.3, 0.4) is 0 Å². The molecule has 0 saturated carbocycles. The van der Waals surface area contributed by atoms with Gasteiger partial charge < -0.3 is 25.8 Å². The lowest BCUT2D eigenvalue weighted by atomic mass is 10.1. The molecule has 2 aromatic rings. The Balaban J connectivity index is 1.56. The number of nitrogens with one attached hydrogen (secondary N) is 2. The van der Waals surface area contributed by atoms with Crippen molar-refractivity contribution in [2.24, 2.45) is 5.73 Å². The van der Waals surface area contributed by atoms with Crippen molar-refractivity contribution >= 4 is 23.3 Å². The molecule has 1 saturated heterocycles. The van der Waals surface area contributed by atoms with Crippen molar-refractivity contribution in [1.29, 1.82) is 5.41 Å². The molecule has 0 aromatic heterocycles. The molecule has 5 N–H and O–H groups in total. The number of anilines is 1. The maximum Gasteiger partial charge on any atom is 0.262 e. The molecule has 1 aliphatic heterocycles. The van der Waals surface area contributed by atoms with Gasteiger partial charge in [0.05, 0.1) is 0 Å². The third-order valence-corrected chi connectivity index (χ3v) is 4.86. The van der Waals surface area contributed by atoms with Crippen molar-refractivity contribution in [3.05, 3.63) is 53.6 Å². The molecule has 0 radical (unpaired) electrons. The van der Waals surface area contributed by atoms with Crippen LogP contribution in [0.5, 0.6) is 11.5 Å². The number of aromatic hydroxyl groups is 1. The molecule has 1 heterocycles. The number of nitrogen functional groups attached to an aromatic ring is 1. The number of carbonyl (C=O) groups is 2. The van der Waals surface area contributed by atoms with E-state index in [9.17, 15) is 14.7 Å². The lowest BCUT2D eigenvalue weighted by molar-refractivity contribution is -0.118. The number of nitrogens with two attached hydrogens (primary N) is 1. The Bertz CT molecular complexity index is 927. The Labute approximate surface area is 168 Å². The molecule has 2 aromatic carbocycles. The summed E-state index contributed by atoms with van der Waals surface area (Å²) in [7, 11) is 0. The van der Waals surface area contributed by atoms with Gasteiger partial charge in [0.2, 0.25) is 0 Å². The quantitative estimate of drug-likeness (QED) is 0.440. The number of amidine groups is 1. The number of benzene rings is 2. The molecule has 1 aliphatic rings. The molecule has 0 aliphatic carbocycles. The molecule has 29 heavy (non-hydrogen) atoms. The largest absolute Gasteiger partial charge is 0.504 e. The van der Waals surface area contributed by atoms with Crippen LogP contribution in [0.25, 0.3) is 0 Å². The molecule has 1 unspecified atom stereocenters. The number of amides is 2. The first-order chi connectivity index (χ1) is 13.8. The third kappa shape index (κ3) is 4.84. The minimum Gasteiger partial charge on any atom is -0.504 e. The summed E-state index contributed by atoms with van der Waals surface area (Å²) in [4.78, 5) is 26.5. The number of likely N-dealkylation sites (tertiary alicyclic amines) is 1. The first-order valence-corrected chi connectivity index (χ1v) is 9.36. The second kappa shape index (κ2) is 8.64. The normalized spacial score (nSPS) is 15.8. The Morgan fingerprint density at radius 3 is 2.55 bits per heavy atom. The van der Waals surface area contributed by atoms with E-state index in [4.69, 9.17) is 15.9 Å². The highest BCUT2D eigenvalue weighted by atomic mass is 16.5. The minimum atomic E-state index is -0.426. The van der Waals surface area contributed by atoms with E-state index in [-0.39, 0.29) is 35.9 Å². The van der Waals surface area contributed by atoms with E-state index in [0.717, 1.165) is 19.4 Å².